The van der Waals surface area contributed by atoms with Crippen LogP contribution >= 0.6 is 0 Å². The summed E-state index contributed by atoms with van der Waals surface area (Å²) in [6, 6.07) is 11.3. The summed E-state index contributed by atoms with van der Waals surface area (Å²) in [5.41, 5.74) is 0.912. The van der Waals surface area contributed by atoms with Gasteiger partial charge in [-0.1, -0.05) is 18.2 Å². The molecule has 25 heavy (non-hydrogen) atoms. The number of anilines is 1. The van der Waals surface area contributed by atoms with Crippen molar-refractivity contribution in [2.24, 2.45) is 0 Å². The first-order chi connectivity index (χ1) is 11.7. The van der Waals surface area contributed by atoms with E-state index in [2.05, 4.69) is 5.32 Å². The van der Waals surface area contributed by atoms with Crippen LogP contribution in [0.5, 0.6) is 0 Å². The molecule has 1 saturated heterocycles. The number of hydrogen-bond donors (Lipinski definition) is 1. The first-order valence-electron chi connectivity index (χ1n) is 8.32. The molecule has 1 N–H and O–H groups in total. The van der Waals surface area contributed by atoms with Gasteiger partial charge >= 0.3 is 7.12 Å². The van der Waals surface area contributed by atoms with Gasteiger partial charge in [0.1, 0.15) is 11.6 Å². The second-order valence-corrected chi connectivity index (χ2v) is 7.26. The van der Waals surface area contributed by atoms with Crippen LogP contribution in [0.25, 0.3) is 0 Å². The molecule has 3 rings (SSSR count). The lowest BCUT2D eigenvalue weighted by Gasteiger charge is -2.32. The van der Waals surface area contributed by atoms with Gasteiger partial charge in [0.25, 0.3) is 0 Å². The van der Waals surface area contributed by atoms with Crippen LogP contribution < -0.4 is 10.8 Å². The average molecular weight is 345 g/mol. The summed E-state index contributed by atoms with van der Waals surface area (Å²) in [6.45, 7) is 8.10. The molecule has 0 aliphatic carbocycles. The minimum Gasteiger partial charge on any atom is -0.399 e. The fourth-order valence-corrected chi connectivity index (χ4v) is 2.63. The van der Waals surface area contributed by atoms with E-state index >= 15 is 0 Å². The molecule has 1 heterocycles. The predicted octanol–water partition coefficient (Wildman–Crippen LogP) is 3.88. The SMILES string of the molecule is CC1(C)OB(c2ccc(NCc3c(F)cccc3F)cc2)OC1(C)C. The Morgan fingerprint density at radius 2 is 1.40 bits per heavy atom. The van der Waals surface area contributed by atoms with Crippen molar-refractivity contribution in [3.8, 4) is 0 Å². The van der Waals surface area contributed by atoms with Gasteiger partial charge in [-0.2, -0.15) is 0 Å². The summed E-state index contributed by atoms with van der Waals surface area (Å²) < 4.78 is 39.3. The molecule has 1 aliphatic heterocycles. The summed E-state index contributed by atoms with van der Waals surface area (Å²) in [5.74, 6) is -1.11. The number of halogens is 2. The highest BCUT2D eigenvalue weighted by molar-refractivity contribution is 6.62. The predicted molar refractivity (Wildman–Crippen MR) is 95.8 cm³/mol. The molecule has 0 atom stereocenters. The molecule has 132 valence electrons. The van der Waals surface area contributed by atoms with Gasteiger partial charge in [0.05, 0.1) is 11.2 Å². The van der Waals surface area contributed by atoms with Crippen LogP contribution in [0.1, 0.15) is 33.3 Å². The number of nitrogens with one attached hydrogen (secondary N) is 1. The lowest BCUT2D eigenvalue weighted by Crippen LogP contribution is -2.41. The van der Waals surface area contributed by atoms with E-state index in [0.29, 0.717) is 0 Å². The van der Waals surface area contributed by atoms with Gasteiger partial charge in [-0.25, -0.2) is 8.78 Å². The molecule has 0 saturated carbocycles. The van der Waals surface area contributed by atoms with Crippen molar-refractivity contribution in [1.82, 2.24) is 0 Å². The number of rotatable bonds is 4. The van der Waals surface area contributed by atoms with Crippen LogP contribution in [0.15, 0.2) is 42.5 Å². The van der Waals surface area contributed by atoms with Gasteiger partial charge in [-0.05, 0) is 57.4 Å². The summed E-state index contributed by atoms with van der Waals surface area (Å²) in [4.78, 5) is 0. The van der Waals surface area contributed by atoms with Crippen molar-refractivity contribution in [2.75, 3.05) is 5.32 Å². The molecule has 1 aliphatic rings. The lowest BCUT2D eigenvalue weighted by molar-refractivity contribution is 0.00578. The summed E-state index contributed by atoms with van der Waals surface area (Å²) >= 11 is 0. The quantitative estimate of drug-likeness (QED) is 0.854. The Morgan fingerprint density at radius 1 is 0.880 bits per heavy atom. The summed E-state index contributed by atoms with van der Waals surface area (Å²) in [7, 11) is -0.428. The smallest absolute Gasteiger partial charge is 0.399 e. The molecule has 1 fully saturated rings. The van der Waals surface area contributed by atoms with Crippen molar-refractivity contribution in [1.29, 1.82) is 0 Å². The van der Waals surface area contributed by atoms with Crippen LogP contribution in [0.2, 0.25) is 0 Å². The maximum atomic E-state index is 13.7. The van der Waals surface area contributed by atoms with Gasteiger partial charge in [0, 0.05) is 17.8 Å². The fraction of sp³-hybridized carbons (Fsp3) is 0.368. The van der Waals surface area contributed by atoms with Gasteiger partial charge in [-0.15, -0.1) is 0 Å². The Morgan fingerprint density at radius 3 is 1.92 bits per heavy atom. The average Bonchev–Trinajstić information content (AvgIpc) is 2.75. The number of benzene rings is 2. The Labute approximate surface area is 147 Å². The standard InChI is InChI=1S/C19H22BF2NO2/c1-18(2)19(3,4)25-20(24-18)13-8-10-14(11-9-13)23-12-15-16(21)6-5-7-17(15)22/h5-11,23H,12H2,1-4H3. The molecule has 2 aromatic carbocycles. The molecular formula is C19H22BF2NO2. The van der Waals surface area contributed by atoms with E-state index in [-0.39, 0.29) is 12.1 Å². The van der Waals surface area contributed by atoms with Gasteiger partial charge in [-0.3, -0.25) is 0 Å². The van der Waals surface area contributed by atoms with Crippen LogP contribution in [-0.2, 0) is 15.9 Å². The molecule has 0 unspecified atom stereocenters. The van der Waals surface area contributed by atoms with Crippen molar-refractivity contribution >= 4 is 18.3 Å². The van der Waals surface area contributed by atoms with Crippen molar-refractivity contribution < 1.29 is 18.1 Å². The molecule has 0 radical (unpaired) electrons. The summed E-state index contributed by atoms with van der Waals surface area (Å²) in [6.07, 6.45) is 0. The zero-order valence-corrected chi connectivity index (χ0v) is 14.9. The Bertz CT molecular complexity index is 726. The topological polar surface area (TPSA) is 30.5 Å². The third kappa shape index (κ3) is 3.55. The van der Waals surface area contributed by atoms with E-state index in [9.17, 15) is 8.78 Å². The fourth-order valence-electron chi connectivity index (χ4n) is 2.63. The van der Waals surface area contributed by atoms with E-state index in [1.165, 1.54) is 18.2 Å². The third-order valence-electron chi connectivity index (χ3n) is 4.97. The van der Waals surface area contributed by atoms with Gasteiger partial charge < -0.3 is 14.6 Å². The second kappa shape index (κ2) is 6.43. The third-order valence-corrected chi connectivity index (χ3v) is 4.97. The molecule has 0 aromatic heterocycles. The zero-order chi connectivity index (χ0) is 18.2. The minimum atomic E-state index is -0.554. The highest BCUT2D eigenvalue weighted by Gasteiger charge is 2.51. The van der Waals surface area contributed by atoms with E-state index in [1.807, 2.05) is 52.0 Å². The molecule has 2 aromatic rings. The first-order valence-corrected chi connectivity index (χ1v) is 8.32. The molecule has 0 amide bonds. The minimum absolute atomic E-state index is 0.0255. The molecule has 0 spiro atoms. The van der Waals surface area contributed by atoms with E-state index < -0.39 is 30.0 Å². The van der Waals surface area contributed by atoms with E-state index in [4.69, 9.17) is 9.31 Å². The maximum Gasteiger partial charge on any atom is 0.494 e. The largest absolute Gasteiger partial charge is 0.494 e. The monoisotopic (exact) mass is 345 g/mol. The maximum absolute atomic E-state index is 13.7. The molecular weight excluding hydrogens is 323 g/mol. The highest BCUT2D eigenvalue weighted by Crippen LogP contribution is 2.36. The molecule has 3 nitrogen and oxygen atoms in total. The van der Waals surface area contributed by atoms with Crippen LogP contribution in [0.4, 0.5) is 14.5 Å². The first kappa shape index (κ1) is 17.9. The highest BCUT2D eigenvalue weighted by atomic mass is 19.1. The summed E-state index contributed by atoms with van der Waals surface area (Å²) in [5, 5.41) is 3.03. The zero-order valence-electron chi connectivity index (χ0n) is 14.9. The molecule has 6 heteroatoms. The van der Waals surface area contributed by atoms with Crippen molar-refractivity contribution in [2.45, 2.75) is 45.4 Å². The van der Waals surface area contributed by atoms with Gasteiger partial charge in [0.2, 0.25) is 0 Å². The second-order valence-electron chi connectivity index (χ2n) is 7.26. The Hall–Kier alpha value is -1.92. The van der Waals surface area contributed by atoms with Crippen molar-refractivity contribution in [3.63, 3.8) is 0 Å². The van der Waals surface area contributed by atoms with Gasteiger partial charge in [0.15, 0.2) is 0 Å². The van der Waals surface area contributed by atoms with E-state index in [0.717, 1.165) is 11.2 Å². The van der Waals surface area contributed by atoms with E-state index in [1.54, 1.807) is 0 Å². The van der Waals surface area contributed by atoms with Crippen LogP contribution in [0, 0.1) is 11.6 Å². The van der Waals surface area contributed by atoms with Crippen LogP contribution in [0.3, 0.4) is 0 Å². The lowest BCUT2D eigenvalue weighted by atomic mass is 9.79. The normalized spacial score (nSPS) is 18.4. The van der Waals surface area contributed by atoms with Crippen molar-refractivity contribution in [3.05, 3.63) is 59.7 Å². The van der Waals surface area contributed by atoms with Crippen LogP contribution in [-0.4, -0.2) is 18.3 Å². The molecule has 0 bridgehead atoms. The Kier molecular flexibility index (Phi) is 4.60. The number of hydrogen-bond acceptors (Lipinski definition) is 3. The Balaban J connectivity index is 1.67.